The van der Waals surface area contributed by atoms with E-state index in [-0.39, 0.29) is 11.8 Å². The minimum absolute atomic E-state index is 0.0486. The third-order valence-electron chi connectivity index (χ3n) is 3.80. The van der Waals surface area contributed by atoms with E-state index in [0.717, 1.165) is 11.1 Å². The third kappa shape index (κ3) is 3.07. The topological polar surface area (TPSA) is 66.4 Å². The van der Waals surface area contributed by atoms with E-state index in [0.29, 0.717) is 34.8 Å². The number of carbonyl (C=O) groups excluding carboxylic acids is 2. The van der Waals surface area contributed by atoms with Crippen molar-refractivity contribution in [3.05, 3.63) is 57.1 Å². The van der Waals surface area contributed by atoms with E-state index in [1.807, 2.05) is 12.1 Å². The normalized spacial score (nSPS) is 15.2. The van der Waals surface area contributed by atoms with Gasteiger partial charge in [0.2, 0.25) is 0 Å². The Balaban J connectivity index is 0.000000141. The van der Waals surface area contributed by atoms with Crippen LogP contribution in [-0.4, -0.2) is 45.7 Å². The van der Waals surface area contributed by atoms with Crippen LogP contribution in [0.4, 0.5) is 0 Å². The fraction of sp³-hybridized carbons (Fsp3) is 0.250. The van der Waals surface area contributed by atoms with Gasteiger partial charge in [-0.1, -0.05) is 35.3 Å². The van der Waals surface area contributed by atoms with Crippen LogP contribution in [0.15, 0.2) is 24.3 Å². The van der Waals surface area contributed by atoms with Crippen LogP contribution in [0.25, 0.3) is 0 Å². The molecular weight excluding hydrogens is 351 g/mol. The molecular formula is C16H14Cl2N4O2. The molecule has 4 heterocycles. The van der Waals surface area contributed by atoms with Crippen LogP contribution in [-0.2, 0) is 13.1 Å². The van der Waals surface area contributed by atoms with Crippen molar-refractivity contribution in [3.8, 4) is 0 Å². The second-order valence-corrected chi connectivity index (χ2v) is 6.38. The molecule has 0 saturated heterocycles. The summed E-state index contributed by atoms with van der Waals surface area (Å²) >= 11 is 11.3. The average Bonchev–Trinajstić information content (AvgIpc) is 2.99. The molecule has 24 heavy (non-hydrogen) atoms. The van der Waals surface area contributed by atoms with Crippen molar-refractivity contribution in [2.75, 3.05) is 14.1 Å². The fourth-order valence-electron chi connectivity index (χ4n) is 2.57. The first-order valence-corrected chi connectivity index (χ1v) is 7.94. The van der Waals surface area contributed by atoms with Gasteiger partial charge in [-0.2, -0.15) is 0 Å². The van der Waals surface area contributed by atoms with Gasteiger partial charge in [-0.3, -0.25) is 9.59 Å². The molecule has 124 valence electrons. The van der Waals surface area contributed by atoms with Crippen LogP contribution in [0, 0.1) is 0 Å². The lowest BCUT2D eigenvalue weighted by atomic mass is 10.2. The number of halogens is 2. The van der Waals surface area contributed by atoms with Crippen LogP contribution in [0.1, 0.15) is 32.1 Å². The van der Waals surface area contributed by atoms with E-state index >= 15 is 0 Å². The first-order chi connectivity index (χ1) is 11.4. The van der Waals surface area contributed by atoms with E-state index in [4.69, 9.17) is 23.2 Å². The van der Waals surface area contributed by atoms with Gasteiger partial charge in [-0.25, -0.2) is 9.97 Å². The molecule has 0 radical (unpaired) electrons. The predicted molar refractivity (Wildman–Crippen MR) is 90.1 cm³/mol. The summed E-state index contributed by atoms with van der Waals surface area (Å²) in [5.74, 6) is -0.0972. The molecule has 0 saturated carbocycles. The quantitative estimate of drug-likeness (QED) is 0.674. The lowest BCUT2D eigenvalue weighted by Crippen LogP contribution is -2.18. The molecule has 4 rings (SSSR count). The maximum atomic E-state index is 11.4. The van der Waals surface area contributed by atoms with E-state index in [1.54, 1.807) is 36.0 Å². The predicted octanol–water partition coefficient (Wildman–Crippen LogP) is 2.64. The Hall–Kier alpha value is -2.18. The van der Waals surface area contributed by atoms with Gasteiger partial charge in [0, 0.05) is 38.3 Å². The molecule has 6 nitrogen and oxygen atoms in total. The second-order valence-electron chi connectivity index (χ2n) is 5.61. The summed E-state index contributed by atoms with van der Waals surface area (Å²) in [4.78, 5) is 33.9. The molecule has 0 aliphatic carbocycles. The van der Waals surface area contributed by atoms with Gasteiger partial charge >= 0.3 is 0 Å². The molecule has 0 bridgehead atoms. The van der Waals surface area contributed by atoms with Crippen molar-refractivity contribution in [2.24, 2.45) is 0 Å². The van der Waals surface area contributed by atoms with E-state index in [9.17, 15) is 9.59 Å². The molecule has 0 unspecified atom stereocenters. The van der Waals surface area contributed by atoms with Crippen molar-refractivity contribution >= 4 is 35.0 Å². The minimum atomic E-state index is -0.0486. The van der Waals surface area contributed by atoms with Crippen LogP contribution in [0.5, 0.6) is 0 Å². The summed E-state index contributed by atoms with van der Waals surface area (Å²) < 4.78 is 0. The molecule has 0 atom stereocenters. The summed E-state index contributed by atoms with van der Waals surface area (Å²) in [6.07, 6.45) is 0. The zero-order chi connectivity index (χ0) is 17.4. The molecule has 0 aromatic carbocycles. The Morgan fingerprint density at radius 3 is 1.54 bits per heavy atom. The number of carbonyl (C=O) groups is 2. The average molecular weight is 365 g/mol. The molecule has 2 aliphatic heterocycles. The van der Waals surface area contributed by atoms with Crippen molar-refractivity contribution in [2.45, 2.75) is 13.1 Å². The Morgan fingerprint density at radius 1 is 0.792 bits per heavy atom. The molecule has 2 aromatic heterocycles. The van der Waals surface area contributed by atoms with Crippen LogP contribution >= 0.6 is 23.2 Å². The van der Waals surface area contributed by atoms with Gasteiger partial charge in [-0.15, -0.1) is 0 Å². The van der Waals surface area contributed by atoms with Crippen LogP contribution < -0.4 is 0 Å². The Labute approximate surface area is 149 Å². The number of amides is 2. The number of hydrogen-bond donors (Lipinski definition) is 0. The number of rotatable bonds is 0. The minimum Gasteiger partial charge on any atom is -0.336 e. The maximum absolute atomic E-state index is 11.4. The van der Waals surface area contributed by atoms with Crippen molar-refractivity contribution in [3.63, 3.8) is 0 Å². The summed E-state index contributed by atoms with van der Waals surface area (Å²) in [7, 11) is 3.50. The fourth-order valence-corrected chi connectivity index (χ4v) is 2.87. The summed E-state index contributed by atoms with van der Waals surface area (Å²) in [5.41, 5.74) is 2.88. The van der Waals surface area contributed by atoms with Gasteiger partial charge in [0.05, 0.1) is 0 Å². The molecule has 0 fully saturated rings. The second kappa shape index (κ2) is 6.37. The highest BCUT2D eigenvalue weighted by Crippen LogP contribution is 2.21. The Kier molecular flexibility index (Phi) is 4.43. The van der Waals surface area contributed by atoms with Crippen molar-refractivity contribution in [1.82, 2.24) is 19.8 Å². The highest BCUT2D eigenvalue weighted by Gasteiger charge is 2.26. The summed E-state index contributed by atoms with van der Waals surface area (Å²) in [6, 6.07) is 7.08. The first kappa shape index (κ1) is 16.7. The van der Waals surface area contributed by atoms with Gasteiger partial charge in [0.25, 0.3) is 11.8 Å². The largest absolute Gasteiger partial charge is 0.336 e. The van der Waals surface area contributed by atoms with Gasteiger partial charge in [-0.05, 0) is 12.1 Å². The maximum Gasteiger partial charge on any atom is 0.272 e. The Bertz CT molecular complexity index is 771. The number of pyridine rings is 2. The van der Waals surface area contributed by atoms with E-state index < -0.39 is 0 Å². The molecule has 2 amide bonds. The van der Waals surface area contributed by atoms with Crippen molar-refractivity contribution < 1.29 is 9.59 Å². The molecule has 2 aliphatic rings. The monoisotopic (exact) mass is 364 g/mol. The number of hydrogen-bond acceptors (Lipinski definition) is 4. The van der Waals surface area contributed by atoms with E-state index in [2.05, 4.69) is 9.97 Å². The summed E-state index contributed by atoms with van der Waals surface area (Å²) in [5, 5.41) is 0.745. The smallest absolute Gasteiger partial charge is 0.272 e. The highest BCUT2D eigenvalue weighted by molar-refractivity contribution is 6.29. The number of nitrogens with zero attached hydrogens (tertiary/aromatic N) is 4. The first-order valence-electron chi connectivity index (χ1n) is 7.18. The molecule has 8 heteroatoms. The molecule has 2 aromatic rings. The van der Waals surface area contributed by atoms with Crippen LogP contribution in [0.2, 0.25) is 10.3 Å². The van der Waals surface area contributed by atoms with Gasteiger partial charge < -0.3 is 9.80 Å². The molecule has 0 spiro atoms. The van der Waals surface area contributed by atoms with E-state index in [1.165, 1.54) is 0 Å². The standard InChI is InChI=1S/2C8H7ClN2O/c2*1-11-4-5-2-3-6(9)10-7(5)8(11)12/h2*2-3H,4H2,1H3. The summed E-state index contributed by atoms with van der Waals surface area (Å²) in [6.45, 7) is 1.27. The van der Waals surface area contributed by atoms with Crippen LogP contribution in [0.3, 0.4) is 0 Å². The number of aromatic nitrogens is 2. The Morgan fingerprint density at radius 2 is 1.17 bits per heavy atom. The lowest BCUT2D eigenvalue weighted by Gasteiger charge is -2.03. The SMILES string of the molecule is CN1Cc2ccc(Cl)nc2C1=O.CN1Cc2ccc(Cl)nc2C1=O. The lowest BCUT2D eigenvalue weighted by molar-refractivity contribution is 0.0805. The van der Waals surface area contributed by atoms with Gasteiger partial charge in [0.15, 0.2) is 0 Å². The van der Waals surface area contributed by atoms with Gasteiger partial charge in [0.1, 0.15) is 21.7 Å². The number of fused-ring (bicyclic) bond motifs is 2. The molecule has 0 N–H and O–H groups in total. The van der Waals surface area contributed by atoms with Crippen molar-refractivity contribution in [1.29, 1.82) is 0 Å². The highest BCUT2D eigenvalue weighted by atomic mass is 35.5. The zero-order valence-electron chi connectivity index (χ0n) is 13.1. The zero-order valence-corrected chi connectivity index (χ0v) is 14.6. The third-order valence-corrected chi connectivity index (χ3v) is 4.22.